The van der Waals surface area contributed by atoms with Gasteiger partial charge in [-0.1, -0.05) is 37.9 Å². The number of aryl methyl sites for hydroxylation is 1. The lowest BCUT2D eigenvalue weighted by atomic mass is 10.2. The number of alkyl halides is 1. The molecule has 5 heteroatoms. The number of benzene rings is 1. The molecule has 0 atom stereocenters. The summed E-state index contributed by atoms with van der Waals surface area (Å²) in [7, 11) is 0. The SMILES string of the molecule is Cc1cc(Br)ccc1Oc1nc2ccccn2c1CBr. The highest BCUT2D eigenvalue weighted by molar-refractivity contribution is 9.10. The van der Waals surface area contributed by atoms with Crippen molar-refractivity contribution in [3.63, 3.8) is 0 Å². The number of fused-ring (bicyclic) bond motifs is 1. The normalized spacial score (nSPS) is 10.9. The molecule has 0 unspecified atom stereocenters. The lowest BCUT2D eigenvalue weighted by Gasteiger charge is -2.07. The van der Waals surface area contributed by atoms with Crippen LogP contribution < -0.4 is 4.74 Å². The first-order valence-electron chi connectivity index (χ1n) is 6.15. The zero-order valence-electron chi connectivity index (χ0n) is 10.8. The van der Waals surface area contributed by atoms with Crippen LogP contribution in [0.1, 0.15) is 11.3 Å². The van der Waals surface area contributed by atoms with Crippen LogP contribution in [0.2, 0.25) is 0 Å². The molecule has 0 amide bonds. The van der Waals surface area contributed by atoms with Crippen LogP contribution in [0.3, 0.4) is 0 Å². The van der Waals surface area contributed by atoms with Gasteiger partial charge in [-0.3, -0.25) is 4.40 Å². The molecule has 20 heavy (non-hydrogen) atoms. The summed E-state index contributed by atoms with van der Waals surface area (Å²) in [5, 5.41) is 0.684. The van der Waals surface area contributed by atoms with Crippen molar-refractivity contribution < 1.29 is 4.74 Å². The fourth-order valence-electron chi connectivity index (χ4n) is 2.06. The smallest absolute Gasteiger partial charge is 0.242 e. The topological polar surface area (TPSA) is 26.5 Å². The van der Waals surface area contributed by atoms with Crippen molar-refractivity contribution in [2.45, 2.75) is 12.3 Å². The molecule has 2 aromatic heterocycles. The van der Waals surface area contributed by atoms with E-state index in [9.17, 15) is 0 Å². The van der Waals surface area contributed by atoms with E-state index < -0.39 is 0 Å². The predicted octanol–water partition coefficient (Wildman–Crippen LogP) is 5.09. The van der Waals surface area contributed by atoms with Gasteiger partial charge in [0.25, 0.3) is 0 Å². The Labute approximate surface area is 133 Å². The number of nitrogens with zero attached hydrogens (tertiary/aromatic N) is 2. The number of ether oxygens (including phenoxy) is 1. The van der Waals surface area contributed by atoms with Gasteiger partial charge >= 0.3 is 0 Å². The predicted molar refractivity (Wildman–Crippen MR) is 86.8 cm³/mol. The van der Waals surface area contributed by atoms with Crippen LogP contribution in [-0.2, 0) is 5.33 Å². The zero-order valence-corrected chi connectivity index (χ0v) is 14.0. The van der Waals surface area contributed by atoms with Gasteiger partial charge in [-0.15, -0.1) is 0 Å². The highest BCUT2D eigenvalue weighted by atomic mass is 79.9. The van der Waals surface area contributed by atoms with Crippen LogP contribution in [0.15, 0.2) is 47.1 Å². The molecule has 102 valence electrons. The lowest BCUT2D eigenvalue weighted by molar-refractivity contribution is 0.458. The quantitative estimate of drug-likeness (QED) is 0.577. The highest BCUT2D eigenvalue weighted by Crippen LogP contribution is 2.30. The molecule has 0 saturated carbocycles. The summed E-state index contributed by atoms with van der Waals surface area (Å²) in [6.45, 7) is 2.02. The molecule has 0 saturated heterocycles. The van der Waals surface area contributed by atoms with E-state index in [1.807, 2.05) is 53.9 Å². The van der Waals surface area contributed by atoms with Crippen LogP contribution in [-0.4, -0.2) is 9.38 Å². The Morgan fingerprint density at radius 3 is 2.85 bits per heavy atom. The monoisotopic (exact) mass is 394 g/mol. The average Bonchev–Trinajstić information content (AvgIpc) is 2.79. The molecule has 0 aliphatic heterocycles. The van der Waals surface area contributed by atoms with E-state index in [0.717, 1.165) is 27.1 Å². The van der Waals surface area contributed by atoms with Gasteiger partial charge in [-0.25, -0.2) is 0 Å². The van der Waals surface area contributed by atoms with Crippen LogP contribution in [0.5, 0.6) is 11.6 Å². The first kappa shape index (κ1) is 13.6. The number of rotatable bonds is 3. The second kappa shape index (κ2) is 5.58. The first-order chi connectivity index (χ1) is 9.69. The Bertz CT molecular complexity index is 768. The Kier molecular flexibility index (Phi) is 3.81. The molecule has 0 radical (unpaired) electrons. The fourth-order valence-corrected chi connectivity index (χ4v) is 3.05. The highest BCUT2D eigenvalue weighted by Gasteiger charge is 2.13. The molecule has 3 aromatic rings. The van der Waals surface area contributed by atoms with Gasteiger partial charge in [-0.2, -0.15) is 4.98 Å². The number of hydrogen-bond donors (Lipinski definition) is 0. The van der Waals surface area contributed by atoms with E-state index in [0.29, 0.717) is 11.2 Å². The second-order valence-electron chi connectivity index (χ2n) is 4.44. The van der Waals surface area contributed by atoms with E-state index in [4.69, 9.17) is 4.74 Å². The van der Waals surface area contributed by atoms with Crippen molar-refractivity contribution in [2.75, 3.05) is 0 Å². The summed E-state index contributed by atoms with van der Waals surface area (Å²) in [5.74, 6) is 1.46. The molecule has 3 rings (SSSR count). The largest absolute Gasteiger partial charge is 0.437 e. The summed E-state index contributed by atoms with van der Waals surface area (Å²) in [5.41, 5.74) is 2.95. The van der Waals surface area contributed by atoms with Gasteiger partial charge in [-0.05, 0) is 42.8 Å². The molecule has 0 N–H and O–H groups in total. The van der Waals surface area contributed by atoms with Crippen LogP contribution in [0.25, 0.3) is 5.65 Å². The van der Waals surface area contributed by atoms with Crippen LogP contribution in [0.4, 0.5) is 0 Å². The van der Waals surface area contributed by atoms with Gasteiger partial charge < -0.3 is 4.74 Å². The zero-order chi connectivity index (χ0) is 14.1. The molecule has 0 aliphatic rings. The molecule has 1 aromatic carbocycles. The molecule has 2 heterocycles. The maximum Gasteiger partial charge on any atom is 0.242 e. The van der Waals surface area contributed by atoms with Crippen molar-refractivity contribution in [1.82, 2.24) is 9.38 Å². The average molecular weight is 396 g/mol. The Morgan fingerprint density at radius 2 is 2.10 bits per heavy atom. The summed E-state index contributed by atoms with van der Waals surface area (Å²) in [6, 6.07) is 11.9. The summed E-state index contributed by atoms with van der Waals surface area (Å²) in [4.78, 5) is 4.54. The van der Waals surface area contributed by atoms with E-state index in [1.54, 1.807) is 0 Å². The molecule has 0 spiro atoms. The minimum absolute atomic E-state index is 0.637. The molecule has 3 nitrogen and oxygen atoms in total. The Hall–Kier alpha value is -1.33. The van der Waals surface area contributed by atoms with Crippen molar-refractivity contribution >= 4 is 37.5 Å². The number of halogens is 2. The summed E-state index contributed by atoms with van der Waals surface area (Å²) < 4.78 is 9.05. The third kappa shape index (κ3) is 2.47. The van der Waals surface area contributed by atoms with Gasteiger partial charge in [0.2, 0.25) is 5.88 Å². The van der Waals surface area contributed by atoms with Gasteiger partial charge in [0.1, 0.15) is 11.4 Å². The Balaban J connectivity index is 2.06. The first-order valence-corrected chi connectivity index (χ1v) is 8.06. The molecular weight excluding hydrogens is 384 g/mol. The van der Waals surface area contributed by atoms with Gasteiger partial charge in [0, 0.05) is 16.0 Å². The summed E-state index contributed by atoms with van der Waals surface area (Å²) in [6.07, 6.45) is 1.99. The van der Waals surface area contributed by atoms with Crippen molar-refractivity contribution in [2.24, 2.45) is 0 Å². The van der Waals surface area contributed by atoms with Gasteiger partial charge in [0.05, 0.1) is 5.69 Å². The molecular formula is C15H12Br2N2O. The number of hydrogen-bond acceptors (Lipinski definition) is 2. The van der Waals surface area contributed by atoms with Gasteiger partial charge in [0.15, 0.2) is 0 Å². The Morgan fingerprint density at radius 1 is 1.25 bits per heavy atom. The van der Waals surface area contributed by atoms with Crippen molar-refractivity contribution in [3.05, 3.63) is 58.3 Å². The number of pyridine rings is 1. The standard InChI is InChI=1S/C15H12Br2N2O/c1-10-8-11(17)5-6-13(10)20-15-12(9-16)19-7-3-2-4-14(19)18-15/h2-8H,9H2,1H3. The minimum atomic E-state index is 0.637. The second-order valence-corrected chi connectivity index (χ2v) is 5.91. The van der Waals surface area contributed by atoms with Crippen molar-refractivity contribution in [1.29, 1.82) is 0 Å². The van der Waals surface area contributed by atoms with E-state index in [1.165, 1.54) is 0 Å². The van der Waals surface area contributed by atoms with Crippen molar-refractivity contribution in [3.8, 4) is 11.6 Å². The van der Waals surface area contributed by atoms with Crippen LogP contribution in [0, 0.1) is 6.92 Å². The number of imidazole rings is 1. The molecule has 0 fully saturated rings. The summed E-state index contributed by atoms with van der Waals surface area (Å²) >= 11 is 6.96. The minimum Gasteiger partial charge on any atom is -0.437 e. The molecule has 0 bridgehead atoms. The maximum atomic E-state index is 5.99. The fraction of sp³-hybridized carbons (Fsp3) is 0.133. The van der Waals surface area contributed by atoms with E-state index >= 15 is 0 Å². The third-order valence-electron chi connectivity index (χ3n) is 3.06. The lowest BCUT2D eigenvalue weighted by Crippen LogP contribution is -1.93. The van der Waals surface area contributed by atoms with Crippen LogP contribution >= 0.6 is 31.9 Å². The number of aromatic nitrogens is 2. The maximum absolute atomic E-state index is 5.99. The van der Waals surface area contributed by atoms with E-state index in [2.05, 4.69) is 36.8 Å². The third-order valence-corrected chi connectivity index (χ3v) is 4.09. The molecule has 0 aliphatic carbocycles. The van der Waals surface area contributed by atoms with E-state index in [-0.39, 0.29) is 0 Å².